The van der Waals surface area contributed by atoms with Gasteiger partial charge in [-0.25, -0.2) is 0 Å². The van der Waals surface area contributed by atoms with E-state index in [0.717, 1.165) is 12.5 Å². The zero-order chi connectivity index (χ0) is 20.8. The molecular weight excluding hydrogens is 352 g/mol. The van der Waals surface area contributed by atoms with E-state index < -0.39 is 5.97 Å². The Balaban J connectivity index is 0.000000564. The van der Waals surface area contributed by atoms with Gasteiger partial charge in [-0.1, -0.05) is 24.3 Å². The quantitative estimate of drug-likeness (QED) is 0.476. The van der Waals surface area contributed by atoms with Crippen molar-refractivity contribution in [2.75, 3.05) is 6.61 Å². The molecule has 0 fully saturated rings. The van der Waals surface area contributed by atoms with Crippen LogP contribution < -0.4 is 0 Å². The summed E-state index contributed by atoms with van der Waals surface area (Å²) in [7, 11) is 0. The van der Waals surface area contributed by atoms with E-state index in [9.17, 15) is 15.0 Å². The summed E-state index contributed by atoms with van der Waals surface area (Å²) in [5.41, 5.74) is 1.63. The molecule has 2 aromatic rings. The summed E-state index contributed by atoms with van der Waals surface area (Å²) in [6.07, 6.45) is 3.60. The molecule has 27 heavy (non-hydrogen) atoms. The molecule has 0 unspecified atom stereocenters. The maximum Gasteiger partial charge on any atom is 0.302 e. The fourth-order valence-corrected chi connectivity index (χ4v) is 1.70. The minimum atomic E-state index is -0.833. The Hall–Kier alpha value is -3.48. The van der Waals surface area contributed by atoms with E-state index in [0.29, 0.717) is 12.2 Å². The zero-order valence-corrected chi connectivity index (χ0v) is 15.4. The Morgan fingerprint density at radius 3 is 1.67 bits per heavy atom. The summed E-state index contributed by atoms with van der Waals surface area (Å²) in [6, 6.07) is 11.1. The normalized spacial score (nSPS) is 9.44. The lowest BCUT2D eigenvalue weighted by Crippen LogP contribution is -1.95. The SMILES string of the molecule is CC(=O)O.CCOC(C)=O.Oc1ccc(/C=C/c2cc(O)cc(O)c2)cc1. The standard InChI is InChI=1S/C14H12O3.C4H8O2.C2H4O2/c15-12-5-3-10(4-6-12)1-2-11-7-13(16)9-14(17)8-11;1-3-6-4(2)5;1-2(3)4/h1-9,15-17H;3H2,1-2H3;1H3,(H,3,4)/b2-1+;;. The fraction of sp³-hybridized carbons (Fsp3) is 0.200. The summed E-state index contributed by atoms with van der Waals surface area (Å²) in [6.45, 7) is 4.74. The van der Waals surface area contributed by atoms with Gasteiger partial charge in [0.25, 0.3) is 5.97 Å². The molecule has 0 saturated heterocycles. The van der Waals surface area contributed by atoms with Crippen molar-refractivity contribution in [2.24, 2.45) is 0 Å². The van der Waals surface area contributed by atoms with Gasteiger partial charge in [0, 0.05) is 19.9 Å². The summed E-state index contributed by atoms with van der Waals surface area (Å²) >= 11 is 0. The molecule has 0 atom stereocenters. The smallest absolute Gasteiger partial charge is 0.302 e. The van der Waals surface area contributed by atoms with Gasteiger partial charge in [0.1, 0.15) is 17.2 Å². The number of carboxylic acid groups (broad SMARTS) is 1. The predicted octanol–water partition coefficient (Wildman–Crippen LogP) is 3.63. The molecule has 0 heterocycles. The van der Waals surface area contributed by atoms with Crippen molar-refractivity contribution in [3.63, 3.8) is 0 Å². The van der Waals surface area contributed by atoms with Crippen LogP contribution in [0.4, 0.5) is 0 Å². The van der Waals surface area contributed by atoms with E-state index in [1.54, 1.807) is 49.4 Å². The van der Waals surface area contributed by atoms with Crippen LogP contribution in [0, 0.1) is 0 Å². The first-order valence-corrected chi connectivity index (χ1v) is 7.97. The van der Waals surface area contributed by atoms with Gasteiger partial charge >= 0.3 is 5.97 Å². The number of rotatable bonds is 3. The van der Waals surface area contributed by atoms with Crippen molar-refractivity contribution < 1.29 is 34.8 Å². The molecule has 4 N–H and O–H groups in total. The van der Waals surface area contributed by atoms with Gasteiger partial charge in [-0.2, -0.15) is 0 Å². The number of phenolic OH excluding ortho intramolecular Hbond substituents is 3. The molecule has 2 aromatic carbocycles. The number of carbonyl (C=O) groups is 2. The highest BCUT2D eigenvalue weighted by Crippen LogP contribution is 2.22. The number of phenols is 3. The summed E-state index contributed by atoms with van der Waals surface area (Å²) in [5, 5.41) is 35.1. The average Bonchev–Trinajstić information content (AvgIpc) is 2.53. The van der Waals surface area contributed by atoms with Gasteiger partial charge < -0.3 is 25.2 Å². The molecule has 0 saturated carbocycles. The van der Waals surface area contributed by atoms with Gasteiger partial charge in [-0.15, -0.1) is 0 Å². The summed E-state index contributed by atoms with van der Waals surface area (Å²) in [4.78, 5) is 18.8. The second kappa shape index (κ2) is 12.8. The van der Waals surface area contributed by atoms with E-state index in [1.165, 1.54) is 13.0 Å². The fourth-order valence-electron chi connectivity index (χ4n) is 1.70. The molecule has 0 spiro atoms. The molecule has 0 aliphatic carbocycles. The third-order valence-corrected chi connectivity index (χ3v) is 2.63. The molecule has 0 radical (unpaired) electrons. The second-order valence-electron chi connectivity index (χ2n) is 5.15. The number of hydrogen-bond acceptors (Lipinski definition) is 6. The van der Waals surface area contributed by atoms with E-state index in [-0.39, 0.29) is 23.2 Å². The maximum atomic E-state index is 9.82. The van der Waals surface area contributed by atoms with Crippen molar-refractivity contribution >= 4 is 24.1 Å². The number of carbonyl (C=O) groups excluding carboxylic acids is 1. The first-order chi connectivity index (χ1) is 12.6. The minimum absolute atomic E-state index is 0.0235. The Labute approximate surface area is 157 Å². The lowest BCUT2D eigenvalue weighted by molar-refractivity contribution is -0.140. The van der Waals surface area contributed by atoms with E-state index in [4.69, 9.17) is 15.0 Å². The molecule has 2 rings (SSSR count). The van der Waals surface area contributed by atoms with Crippen LogP contribution in [0.3, 0.4) is 0 Å². The number of carboxylic acids is 1. The largest absolute Gasteiger partial charge is 0.508 e. The predicted molar refractivity (Wildman–Crippen MR) is 102 cm³/mol. The first kappa shape index (κ1) is 23.5. The Morgan fingerprint density at radius 2 is 1.30 bits per heavy atom. The third kappa shape index (κ3) is 13.5. The Kier molecular flexibility index (Phi) is 11.2. The second-order valence-corrected chi connectivity index (χ2v) is 5.15. The van der Waals surface area contributed by atoms with E-state index in [2.05, 4.69) is 4.74 Å². The average molecular weight is 376 g/mol. The van der Waals surface area contributed by atoms with Gasteiger partial charge in [-0.05, 0) is 42.3 Å². The summed E-state index contributed by atoms with van der Waals surface area (Å²) < 4.78 is 4.40. The number of aromatic hydroxyl groups is 3. The van der Waals surface area contributed by atoms with E-state index in [1.807, 2.05) is 6.08 Å². The van der Waals surface area contributed by atoms with Gasteiger partial charge in [0.05, 0.1) is 6.61 Å². The molecular formula is C20H24O7. The van der Waals surface area contributed by atoms with Crippen LogP contribution in [-0.2, 0) is 14.3 Å². The number of ether oxygens (including phenoxy) is 1. The van der Waals surface area contributed by atoms with Gasteiger partial charge in [-0.3, -0.25) is 9.59 Å². The molecule has 7 nitrogen and oxygen atoms in total. The monoisotopic (exact) mass is 376 g/mol. The maximum absolute atomic E-state index is 9.82. The molecule has 7 heteroatoms. The van der Waals surface area contributed by atoms with Crippen LogP contribution in [0.15, 0.2) is 42.5 Å². The van der Waals surface area contributed by atoms with Crippen LogP contribution in [0.1, 0.15) is 31.9 Å². The number of esters is 1. The highest BCUT2D eigenvalue weighted by atomic mass is 16.5. The van der Waals surface area contributed by atoms with Crippen LogP contribution in [0.5, 0.6) is 17.2 Å². The molecule has 0 aliphatic rings. The van der Waals surface area contributed by atoms with Gasteiger partial charge in [0.15, 0.2) is 0 Å². The topological polar surface area (TPSA) is 124 Å². The number of aliphatic carboxylic acids is 1. The third-order valence-electron chi connectivity index (χ3n) is 2.63. The van der Waals surface area contributed by atoms with Gasteiger partial charge in [0.2, 0.25) is 0 Å². The Morgan fingerprint density at radius 1 is 0.852 bits per heavy atom. The van der Waals surface area contributed by atoms with Crippen molar-refractivity contribution in [3.05, 3.63) is 53.6 Å². The Bertz CT molecular complexity index is 725. The van der Waals surface area contributed by atoms with Crippen LogP contribution in [0.25, 0.3) is 12.2 Å². The molecule has 146 valence electrons. The van der Waals surface area contributed by atoms with Crippen LogP contribution in [-0.4, -0.2) is 39.0 Å². The molecule has 0 bridgehead atoms. The first-order valence-electron chi connectivity index (χ1n) is 7.97. The van der Waals surface area contributed by atoms with Crippen LogP contribution >= 0.6 is 0 Å². The van der Waals surface area contributed by atoms with Crippen molar-refractivity contribution in [1.29, 1.82) is 0 Å². The molecule has 0 aliphatic heterocycles. The summed E-state index contributed by atoms with van der Waals surface area (Å²) in [5.74, 6) is -0.777. The molecule has 0 amide bonds. The lowest BCUT2D eigenvalue weighted by Gasteiger charge is -1.98. The molecule has 0 aromatic heterocycles. The highest BCUT2D eigenvalue weighted by Gasteiger charge is 1.95. The number of hydrogen-bond donors (Lipinski definition) is 4. The van der Waals surface area contributed by atoms with Crippen molar-refractivity contribution in [2.45, 2.75) is 20.8 Å². The number of benzene rings is 2. The zero-order valence-electron chi connectivity index (χ0n) is 15.4. The van der Waals surface area contributed by atoms with E-state index >= 15 is 0 Å². The lowest BCUT2D eigenvalue weighted by atomic mass is 10.1. The minimum Gasteiger partial charge on any atom is -0.508 e. The van der Waals surface area contributed by atoms with Crippen molar-refractivity contribution in [1.82, 2.24) is 0 Å². The highest BCUT2D eigenvalue weighted by molar-refractivity contribution is 5.71. The van der Waals surface area contributed by atoms with Crippen molar-refractivity contribution in [3.8, 4) is 17.2 Å². The van der Waals surface area contributed by atoms with Crippen LogP contribution in [0.2, 0.25) is 0 Å².